The Hall–Kier alpha value is -3.26. The summed E-state index contributed by atoms with van der Waals surface area (Å²) in [6.07, 6.45) is 0. The molecule has 0 bridgehead atoms. The maximum Gasteiger partial charge on any atom is 0.261 e. The fourth-order valence-corrected chi connectivity index (χ4v) is 3.77. The minimum Gasteiger partial charge on any atom is -0.345 e. The molecule has 150 valence electrons. The van der Waals surface area contributed by atoms with Crippen molar-refractivity contribution in [2.45, 2.75) is 17.9 Å². The molecule has 0 unspecified atom stereocenters. The number of benzene rings is 3. The fourth-order valence-electron chi connectivity index (χ4n) is 2.72. The smallest absolute Gasteiger partial charge is 0.261 e. The first-order valence-electron chi connectivity index (χ1n) is 8.70. The van der Waals surface area contributed by atoms with Crippen LogP contribution < -0.4 is 10.0 Å². The van der Waals surface area contributed by atoms with Crippen LogP contribution in [0.15, 0.2) is 77.7 Å². The van der Waals surface area contributed by atoms with Crippen LogP contribution in [0, 0.1) is 11.6 Å². The fraction of sp³-hybridized carbons (Fsp3) is 0.0952. The Balaban J connectivity index is 1.71. The summed E-state index contributed by atoms with van der Waals surface area (Å²) >= 11 is 0. The summed E-state index contributed by atoms with van der Waals surface area (Å²) in [7, 11) is -3.80. The third kappa shape index (κ3) is 4.97. The summed E-state index contributed by atoms with van der Waals surface area (Å²) < 4.78 is 54.2. The zero-order valence-electron chi connectivity index (χ0n) is 15.4. The first kappa shape index (κ1) is 20.5. The van der Waals surface area contributed by atoms with Gasteiger partial charge < -0.3 is 5.32 Å². The zero-order chi connectivity index (χ0) is 21.0. The van der Waals surface area contributed by atoms with Gasteiger partial charge in [-0.2, -0.15) is 0 Å². The second-order valence-corrected chi connectivity index (χ2v) is 8.04. The van der Waals surface area contributed by atoms with E-state index in [0.717, 1.165) is 12.1 Å². The number of sulfonamides is 1. The Morgan fingerprint density at radius 2 is 1.59 bits per heavy atom. The van der Waals surface area contributed by atoms with Crippen LogP contribution in [0.2, 0.25) is 0 Å². The molecule has 2 N–H and O–H groups in total. The van der Waals surface area contributed by atoms with Gasteiger partial charge in [-0.1, -0.05) is 24.3 Å². The number of hydrogen-bond donors (Lipinski definition) is 2. The van der Waals surface area contributed by atoms with Crippen molar-refractivity contribution in [3.63, 3.8) is 0 Å². The van der Waals surface area contributed by atoms with Gasteiger partial charge in [-0.05, 0) is 49.4 Å². The third-order valence-corrected chi connectivity index (χ3v) is 5.63. The van der Waals surface area contributed by atoms with Crippen molar-refractivity contribution < 1.29 is 22.0 Å². The Morgan fingerprint density at radius 3 is 2.21 bits per heavy atom. The normalized spacial score (nSPS) is 12.2. The van der Waals surface area contributed by atoms with E-state index >= 15 is 0 Å². The third-order valence-electron chi connectivity index (χ3n) is 4.23. The Bertz CT molecular complexity index is 1120. The van der Waals surface area contributed by atoms with Crippen LogP contribution in [-0.4, -0.2) is 14.3 Å². The highest BCUT2D eigenvalue weighted by molar-refractivity contribution is 7.92. The molecule has 0 aliphatic carbocycles. The monoisotopic (exact) mass is 416 g/mol. The van der Waals surface area contributed by atoms with E-state index in [-0.39, 0.29) is 16.0 Å². The van der Waals surface area contributed by atoms with Crippen molar-refractivity contribution in [1.29, 1.82) is 0 Å². The molecule has 1 amide bonds. The number of anilines is 1. The molecule has 0 aromatic heterocycles. The van der Waals surface area contributed by atoms with Crippen molar-refractivity contribution >= 4 is 21.6 Å². The zero-order valence-corrected chi connectivity index (χ0v) is 16.2. The molecule has 3 aromatic rings. The molecule has 0 radical (unpaired) electrons. The molecular formula is C21H18F2N2O3S. The number of halogens is 2. The number of hydrogen-bond acceptors (Lipinski definition) is 3. The van der Waals surface area contributed by atoms with E-state index in [2.05, 4.69) is 10.0 Å². The lowest BCUT2D eigenvalue weighted by molar-refractivity contribution is 0.0939. The highest BCUT2D eigenvalue weighted by atomic mass is 32.2. The standard InChI is InChI=1S/C21H18F2N2O3S/c1-14(19-12-9-16(22)13-20(19)23)24-21(26)15-7-10-18(11-8-15)29(27,28)25-17-5-3-2-4-6-17/h2-14,25H,1H3,(H,24,26)/t14-/m0/s1. The molecule has 3 rings (SSSR count). The van der Waals surface area contributed by atoms with E-state index in [0.29, 0.717) is 5.69 Å². The van der Waals surface area contributed by atoms with Crippen LogP contribution in [-0.2, 0) is 10.0 Å². The lowest BCUT2D eigenvalue weighted by atomic mass is 10.1. The van der Waals surface area contributed by atoms with Gasteiger partial charge in [-0.25, -0.2) is 17.2 Å². The quantitative estimate of drug-likeness (QED) is 0.631. The van der Waals surface area contributed by atoms with Gasteiger partial charge >= 0.3 is 0 Å². The van der Waals surface area contributed by atoms with Crippen LogP contribution in [0.3, 0.4) is 0 Å². The molecule has 1 atom stereocenters. The van der Waals surface area contributed by atoms with Gasteiger partial charge in [0.25, 0.3) is 15.9 Å². The van der Waals surface area contributed by atoms with Crippen LogP contribution in [0.4, 0.5) is 14.5 Å². The molecular weight excluding hydrogens is 398 g/mol. The topological polar surface area (TPSA) is 75.3 Å². The van der Waals surface area contributed by atoms with Gasteiger partial charge in [0.05, 0.1) is 10.9 Å². The number of carbonyl (C=O) groups is 1. The van der Waals surface area contributed by atoms with Gasteiger partial charge in [0.1, 0.15) is 11.6 Å². The second-order valence-electron chi connectivity index (χ2n) is 6.36. The van der Waals surface area contributed by atoms with E-state index in [1.54, 1.807) is 37.3 Å². The first-order valence-corrected chi connectivity index (χ1v) is 10.2. The van der Waals surface area contributed by atoms with E-state index in [1.807, 2.05) is 0 Å². The summed E-state index contributed by atoms with van der Waals surface area (Å²) in [6, 6.07) is 16.2. The number of nitrogens with one attached hydrogen (secondary N) is 2. The predicted molar refractivity (Wildman–Crippen MR) is 106 cm³/mol. The number of amides is 1. The van der Waals surface area contributed by atoms with Crippen LogP contribution in [0.1, 0.15) is 28.9 Å². The van der Waals surface area contributed by atoms with E-state index in [1.165, 1.54) is 30.3 Å². The van der Waals surface area contributed by atoms with Gasteiger partial charge in [-0.3, -0.25) is 9.52 Å². The molecule has 0 heterocycles. The van der Waals surface area contributed by atoms with E-state index in [9.17, 15) is 22.0 Å². The number of carbonyl (C=O) groups excluding carboxylic acids is 1. The van der Waals surface area contributed by atoms with Crippen LogP contribution in [0.5, 0.6) is 0 Å². The molecule has 0 aliphatic rings. The Labute approximate surface area is 167 Å². The minimum atomic E-state index is -3.80. The molecule has 0 spiro atoms. The molecule has 0 fully saturated rings. The van der Waals surface area contributed by atoms with Gasteiger partial charge in [0, 0.05) is 22.9 Å². The minimum absolute atomic E-state index is 0.00414. The molecule has 0 saturated carbocycles. The Kier molecular flexibility index (Phi) is 5.93. The summed E-state index contributed by atoms with van der Waals surface area (Å²) in [5, 5.41) is 2.60. The van der Waals surface area contributed by atoms with Gasteiger partial charge in [-0.15, -0.1) is 0 Å². The van der Waals surface area contributed by atoms with Crippen molar-refractivity contribution in [3.05, 3.63) is 95.6 Å². The SMILES string of the molecule is C[C@H](NC(=O)c1ccc(S(=O)(=O)Nc2ccccc2)cc1)c1ccc(F)cc1F. The average Bonchev–Trinajstić information content (AvgIpc) is 2.68. The predicted octanol–water partition coefficient (Wildman–Crippen LogP) is 4.26. The molecule has 0 saturated heterocycles. The van der Waals surface area contributed by atoms with Gasteiger partial charge in [0.2, 0.25) is 0 Å². The number of para-hydroxylation sites is 1. The summed E-state index contributed by atoms with van der Waals surface area (Å²) in [6.45, 7) is 1.57. The maximum atomic E-state index is 13.9. The van der Waals surface area contributed by atoms with Crippen molar-refractivity contribution in [1.82, 2.24) is 5.32 Å². The van der Waals surface area contributed by atoms with Crippen LogP contribution >= 0.6 is 0 Å². The molecule has 8 heteroatoms. The largest absolute Gasteiger partial charge is 0.345 e. The van der Waals surface area contributed by atoms with Crippen LogP contribution in [0.25, 0.3) is 0 Å². The van der Waals surface area contributed by atoms with Gasteiger partial charge in [0.15, 0.2) is 0 Å². The lowest BCUT2D eigenvalue weighted by Crippen LogP contribution is -2.27. The molecule has 3 aromatic carbocycles. The van der Waals surface area contributed by atoms with Crippen molar-refractivity contribution in [3.8, 4) is 0 Å². The van der Waals surface area contributed by atoms with Crippen molar-refractivity contribution in [2.24, 2.45) is 0 Å². The first-order chi connectivity index (χ1) is 13.8. The maximum absolute atomic E-state index is 13.9. The number of rotatable bonds is 6. The summed E-state index contributed by atoms with van der Waals surface area (Å²) in [5.74, 6) is -1.97. The molecule has 29 heavy (non-hydrogen) atoms. The summed E-state index contributed by atoms with van der Waals surface area (Å²) in [5.41, 5.74) is 0.772. The highest BCUT2D eigenvalue weighted by Gasteiger charge is 2.18. The van der Waals surface area contributed by atoms with Crippen molar-refractivity contribution in [2.75, 3.05) is 4.72 Å². The Morgan fingerprint density at radius 1 is 0.931 bits per heavy atom. The lowest BCUT2D eigenvalue weighted by Gasteiger charge is -2.15. The summed E-state index contributed by atoms with van der Waals surface area (Å²) in [4.78, 5) is 12.4. The second kappa shape index (κ2) is 8.40. The highest BCUT2D eigenvalue weighted by Crippen LogP contribution is 2.19. The average molecular weight is 416 g/mol. The van der Waals surface area contributed by atoms with E-state index < -0.39 is 33.6 Å². The molecule has 0 aliphatic heterocycles. The molecule has 5 nitrogen and oxygen atoms in total. The van der Waals surface area contributed by atoms with E-state index in [4.69, 9.17) is 0 Å².